The molecule has 1 N–H and O–H groups in total. The third-order valence-corrected chi connectivity index (χ3v) is 4.53. The van der Waals surface area contributed by atoms with Crippen LogP contribution in [0.1, 0.15) is 37.3 Å². The van der Waals surface area contributed by atoms with E-state index in [1.54, 1.807) is 6.92 Å². The first-order chi connectivity index (χ1) is 11.2. The Morgan fingerprint density at radius 2 is 1.61 bits per heavy atom. The third-order valence-electron chi connectivity index (χ3n) is 4.53. The van der Waals surface area contributed by atoms with Crippen molar-refractivity contribution in [3.8, 4) is 0 Å². The lowest BCUT2D eigenvalue weighted by molar-refractivity contribution is -0.117. The molecule has 0 radical (unpaired) electrons. The topological polar surface area (TPSA) is 35.6 Å². The zero-order valence-electron chi connectivity index (χ0n) is 14.7. The number of hydrogen-bond donors (Lipinski definition) is 1. The number of piperazine rings is 1. The van der Waals surface area contributed by atoms with E-state index in [1.165, 1.54) is 11.1 Å². The smallest absolute Gasteiger partial charge is 0.129 e. The van der Waals surface area contributed by atoms with Crippen molar-refractivity contribution in [2.75, 3.05) is 39.8 Å². The van der Waals surface area contributed by atoms with Crippen LogP contribution >= 0.6 is 0 Å². The monoisotopic (exact) mass is 317 g/mol. The number of ketones is 1. The summed E-state index contributed by atoms with van der Waals surface area (Å²) in [7, 11) is 1.98. The first-order valence-corrected chi connectivity index (χ1v) is 8.84. The number of nitrogens with one attached hydrogen (secondary N) is 1. The van der Waals surface area contributed by atoms with Crippen molar-refractivity contribution < 1.29 is 4.79 Å². The molecule has 4 heteroatoms. The van der Waals surface area contributed by atoms with Gasteiger partial charge in [0, 0.05) is 45.7 Å². The molecule has 128 valence electrons. The summed E-state index contributed by atoms with van der Waals surface area (Å²) in [5.41, 5.74) is 2.74. The molecule has 1 aromatic rings. The van der Waals surface area contributed by atoms with Crippen LogP contribution in [0.5, 0.6) is 0 Å². The van der Waals surface area contributed by atoms with Crippen LogP contribution in [0.15, 0.2) is 24.3 Å². The van der Waals surface area contributed by atoms with E-state index in [-0.39, 0.29) is 0 Å². The average molecular weight is 317 g/mol. The molecule has 0 spiro atoms. The van der Waals surface area contributed by atoms with Gasteiger partial charge in [0.15, 0.2) is 0 Å². The maximum atomic E-state index is 10.9. The number of carbonyl (C=O) groups excluding carboxylic acids is 1. The molecule has 2 rings (SSSR count). The second kappa shape index (κ2) is 9.81. The van der Waals surface area contributed by atoms with Crippen molar-refractivity contribution in [1.29, 1.82) is 0 Å². The Morgan fingerprint density at radius 3 is 2.22 bits per heavy atom. The SMILES string of the molecule is CNCc1ccc(CN2CCN(CCCCC(C)=O)CC2)cc1. The van der Waals surface area contributed by atoms with Crippen LogP contribution in [0.2, 0.25) is 0 Å². The minimum atomic E-state index is 0.315. The van der Waals surface area contributed by atoms with Crippen LogP contribution in [0.3, 0.4) is 0 Å². The van der Waals surface area contributed by atoms with Crippen LogP contribution in [0, 0.1) is 0 Å². The number of unbranched alkanes of at least 4 members (excludes halogenated alkanes) is 1. The molecule has 1 fully saturated rings. The summed E-state index contributed by atoms with van der Waals surface area (Å²) in [5, 5.41) is 3.18. The van der Waals surface area contributed by atoms with E-state index in [2.05, 4.69) is 39.4 Å². The van der Waals surface area contributed by atoms with E-state index in [4.69, 9.17) is 0 Å². The lowest BCUT2D eigenvalue weighted by Crippen LogP contribution is -2.46. The number of carbonyl (C=O) groups is 1. The van der Waals surface area contributed by atoms with Gasteiger partial charge in [-0.15, -0.1) is 0 Å². The number of hydrogen-bond acceptors (Lipinski definition) is 4. The quantitative estimate of drug-likeness (QED) is 0.709. The molecule has 0 unspecified atom stereocenters. The number of nitrogens with zero attached hydrogens (tertiary/aromatic N) is 2. The first kappa shape index (κ1) is 18.1. The molecular formula is C19H31N3O. The van der Waals surface area contributed by atoms with Crippen molar-refractivity contribution in [1.82, 2.24) is 15.1 Å². The lowest BCUT2D eigenvalue weighted by Gasteiger charge is -2.34. The molecule has 1 aliphatic rings. The molecule has 1 aliphatic heterocycles. The largest absolute Gasteiger partial charge is 0.316 e. The third kappa shape index (κ3) is 6.81. The molecule has 0 bridgehead atoms. The second-order valence-electron chi connectivity index (χ2n) is 6.62. The molecule has 0 aromatic heterocycles. The van der Waals surface area contributed by atoms with Gasteiger partial charge in [0.05, 0.1) is 0 Å². The van der Waals surface area contributed by atoms with Gasteiger partial charge >= 0.3 is 0 Å². The second-order valence-corrected chi connectivity index (χ2v) is 6.62. The standard InChI is InChI=1S/C19H31N3O/c1-17(23)5-3-4-10-21-11-13-22(14-12-21)16-19-8-6-18(7-9-19)15-20-2/h6-9,20H,3-5,10-16H2,1-2H3. The number of rotatable bonds is 9. The van der Waals surface area contributed by atoms with E-state index < -0.39 is 0 Å². The number of Topliss-reactive ketones (excluding diaryl/α,β-unsaturated/α-hetero) is 1. The fourth-order valence-electron chi connectivity index (χ4n) is 3.11. The predicted octanol–water partition coefficient (Wildman–Crippen LogP) is 2.28. The van der Waals surface area contributed by atoms with E-state index in [9.17, 15) is 4.79 Å². The molecular weight excluding hydrogens is 286 g/mol. The highest BCUT2D eigenvalue weighted by atomic mass is 16.1. The first-order valence-electron chi connectivity index (χ1n) is 8.84. The summed E-state index contributed by atoms with van der Waals surface area (Å²) < 4.78 is 0. The van der Waals surface area contributed by atoms with Gasteiger partial charge in [-0.2, -0.15) is 0 Å². The van der Waals surface area contributed by atoms with Crippen LogP contribution in [-0.2, 0) is 17.9 Å². The Hall–Kier alpha value is -1.23. The minimum absolute atomic E-state index is 0.315. The summed E-state index contributed by atoms with van der Waals surface area (Å²) >= 11 is 0. The molecule has 1 aromatic carbocycles. The molecule has 4 nitrogen and oxygen atoms in total. The van der Waals surface area contributed by atoms with Gasteiger partial charge in [-0.1, -0.05) is 24.3 Å². The van der Waals surface area contributed by atoms with Gasteiger partial charge in [0.2, 0.25) is 0 Å². The van der Waals surface area contributed by atoms with Crippen molar-refractivity contribution in [3.05, 3.63) is 35.4 Å². The number of benzene rings is 1. The Balaban J connectivity index is 1.65. The molecule has 1 saturated heterocycles. The maximum Gasteiger partial charge on any atom is 0.129 e. The fourth-order valence-corrected chi connectivity index (χ4v) is 3.11. The molecule has 23 heavy (non-hydrogen) atoms. The molecule has 0 amide bonds. The molecule has 1 heterocycles. The van der Waals surface area contributed by atoms with E-state index in [1.807, 2.05) is 7.05 Å². The molecule has 0 saturated carbocycles. The zero-order chi connectivity index (χ0) is 16.5. The summed E-state index contributed by atoms with van der Waals surface area (Å²) in [4.78, 5) is 16.0. The van der Waals surface area contributed by atoms with Gasteiger partial charge in [-0.3, -0.25) is 4.90 Å². The van der Waals surface area contributed by atoms with Crippen LogP contribution < -0.4 is 5.32 Å². The van der Waals surface area contributed by atoms with Crippen LogP contribution in [0.25, 0.3) is 0 Å². The van der Waals surface area contributed by atoms with Gasteiger partial charge in [0.1, 0.15) is 5.78 Å². The Kier molecular flexibility index (Phi) is 7.72. The van der Waals surface area contributed by atoms with Crippen LogP contribution in [-0.4, -0.2) is 55.4 Å². The average Bonchev–Trinajstić information content (AvgIpc) is 2.55. The summed E-state index contributed by atoms with van der Waals surface area (Å²) in [6.45, 7) is 9.40. The van der Waals surface area contributed by atoms with E-state index >= 15 is 0 Å². The summed E-state index contributed by atoms with van der Waals surface area (Å²) in [5.74, 6) is 0.315. The van der Waals surface area contributed by atoms with Gasteiger partial charge in [-0.25, -0.2) is 0 Å². The van der Waals surface area contributed by atoms with Crippen molar-refractivity contribution in [2.45, 2.75) is 39.3 Å². The summed E-state index contributed by atoms with van der Waals surface area (Å²) in [6, 6.07) is 8.94. The normalized spacial score (nSPS) is 16.6. The Labute approximate surface area is 140 Å². The van der Waals surface area contributed by atoms with Crippen molar-refractivity contribution >= 4 is 5.78 Å². The highest BCUT2D eigenvalue weighted by Gasteiger charge is 2.16. The van der Waals surface area contributed by atoms with Gasteiger partial charge in [0.25, 0.3) is 0 Å². The molecule has 0 aliphatic carbocycles. The van der Waals surface area contributed by atoms with Gasteiger partial charge < -0.3 is 15.0 Å². The van der Waals surface area contributed by atoms with Crippen molar-refractivity contribution in [2.24, 2.45) is 0 Å². The van der Waals surface area contributed by atoms with Crippen molar-refractivity contribution in [3.63, 3.8) is 0 Å². The van der Waals surface area contributed by atoms with E-state index in [0.29, 0.717) is 5.78 Å². The lowest BCUT2D eigenvalue weighted by atomic mass is 10.1. The van der Waals surface area contributed by atoms with E-state index in [0.717, 1.165) is 65.1 Å². The van der Waals surface area contributed by atoms with Crippen LogP contribution in [0.4, 0.5) is 0 Å². The minimum Gasteiger partial charge on any atom is -0.316 e. The summed E-state index contributed by atoms with van der Waals surface area (Å²) in [6.07, 6.45) is 2.92. The highest BCUT2D eigenvalue weighted by molar-refractivity contribution is 5.75. The fraction of sp³-hybridized carbons (Fsp3) is 0.632. The maximum absolute atomic E-state index is 10.9. The molecule has 0 atom stereocenters. The highest BCUT2D eigenvalue weighted by Crippen LogP contribution is 2.11. The van der Waals surface area contributed by atoms with Gasteiger partial charge in [-0.05, 0) is 44.5 Å². The Bertz CT molecular complexity index is 464. The Morgan fingerprint density at radius 1 is 1.00 bits per heavy atom. The zero-order valence-corrected chi connectivity index (χ0v) is 14.7. The predicted molar refractivity (Wildman–Crippen MR) is 95.5 cm³/mol.